The Morgan fingerprint density at radius 1 is 1.20 bits per heavy atom. The number of hydrogen-bond acceptors (Lipinski definition) is 5. The first-order chi connectivity index (χ1) is 12.1. The molecule has 25 heavy (non-hydrogen) atoms. The lowest BCUT2D eigenvalue weighted by Crippen LogP contribution is -2.25. The lowest BCUT2D eigenvalue weighted by molar-refractivity contribution is 0.0954. The summed E-state index contributed by atoms with van der Waals surface area (Å²) in [4.78, 5) is 14.5. The van der Waals surface area contributed by atoms with Gasteiger partial charge in [0, 0.05) is 11.4 Å². The zero-order valence-corrected chi connectivity index (χ0v) is 14.9. The van der Waals surface area contributed by atoms with E-state index in [1.165, 1.54) is 5.56 Å². The average molecular weight is 355 g/mol. The van der Waals surface area contributed by atoms with Gasteiger partial charge >= 0.3 is 0 Å². The van der Waals surface area contributed by atoms with Crippen LogP contribution in [-0.2, 0) is 6.42 Å². The zero-order valence-electron chi connectivity index (χ0n) is 14.1. The van der Waals surface area contributed by atoms with E-state index in [4.69, 9.17) is 10.3 Å². The molecule has 0 aliphatic carbocycles. The molecule has 3 aromatic rings. The molecule has 0 unspecified atom stereocenters. The highest BCUT2D eigenvalue weighted by Crippen LogP contribution is 2.32. The summed E-state index contributed by atoms with van der Waals surface area (Å²) >= 11 is 1.56. The number of rotatable bonds is 7. The molecule has 0 atom stereocenters. The van der Waals surface area contributed by atoms with Crippen LogP contribution in [0.1, 0.15) is 33.6 Å². The average Bonchev–Trinajstić information content (AvgIpc) is 3.21. The summed E-state index contributed by atoms with van der Waals surface area (Å²) in [7, 11) is 0. The molecule has 2 heterocycles. The number of benzene rings is 1. The molecule has 0 saturated heterocycles. The van der Waals surface area contributed by atoms with Gasteiger partial charge in [0.1, 0.15) is 11.3 Å². The van der Waals surface area contributed by atoms with Gasteiger partial charge in [-0.3, -0.25) is 4.79 Å². The van der Waals surface area contributed by atoms with E-state index in [0.717, 1.165) is 29.0 Å². The molecule has 2 aromatic heterocycles. The van der Waals surface area contributed by atoms with Crippen LogP contribution in [0.25, 0.3) is 10.6 Å². The minimum Gasteiger partial charge on any atom is -0.367 e. The molecule has 0 saturated carbocycles. The standard InChI is InChI=1S/C19H21N3O2S/c1-13-10-11-15(25-13)17-16(18(20)24-22-17)19(23)21-12-6-5-9-14-7-3-2-4-8-14/h2-4,7-8,10-11H,5-6,9,12,20H2,1H3,(H,21,23). The Balaban J connectivity index is 1.54. The monoisotopic (exact) mass is 355 g/mol. The fourth-order valence-corrected chi connectivity index (χ4v) is 3.50. The first kappa shape index (κ1) is 17.2. The van der Waals surface area contributed by atoms with Crippen molar-refractivity contribution in [3.63, 3.8) is 0 Å². The molecule has 1 amide bonds. The van der Waals surface area contributed by atoms with Crippen molar-refractivity contribution in [2.24, 2.45) is 0 Å². The van der Waals surface area contributed by atoms with Crippen molar-refractivity contribution in [1.29, 1.82) is 0 Å². The number of aryl methyl sites for hydroxylation is 2. The molecular weight excluding hydrogens is 334 g/mol. The molecule has 130 valence electrons. The fraction of sp³-hybridized carbons (Fsp3) is 0.263. The molecule has 6 heteroatoms. The summed E-state index contributed by atoms with van der Waals surface area (Å²) < 4.78 is 5.04. The van der Waals surface area contributed by atoms with E-state index in [2.05, 4.69) is 22.6 Å². The normalized spacial score (nSPS) is 10.8. The van der Waals surface area contributed by atoms with Crippen molar-refractivity contribution < 1.29 is 9.32 Å². The van der Waals surface area contributed by atoms with E-state index in [-0.39, 0.29) is 11.8 Å². The molecule has 0 aliphatic heterocycles. The van der Waals surface area contributed by atoms with Gasteiger partial charge in [0.25, 0.3) is 5.91 Å². The Hall–Kier alpha value is -2.60. The number of thiophene rings is 1. The lowest BCUT2D eigenvalue weighted by Gasteiger charge is -2.05. The molecule has 3 rings (SSSR count). The van der Waals surface area contributed by atoms with Crippen LogP contribution in [0.3, 0.4) is 0 Å². The molecule has 0 bridgehead atoms. The van der Waals surface area contributed by atoms with Crippen LogP contribution in [0.5, 0.6) is 0 Å². The highest BCUT2D eigenvalue weighted by atomic mass is 32.1. The van der Waals surface area contributed by atoms with Gasteiger partial charge in [-0.15, -0.1) is 11.3 Å². The predicted molar refractivity (Wildman–Crippen MR) is 101 cm³/mol. The number of carbonyl (C=O) groups excluding carboxylic acids is 1. The summed E-state index contributed by atoms with van der Waals surface area (Å²) in [5, 5.41) is 6.87. The number of anilines is 1. The number of nitrogens with two attached hydrogens (primary N) is 1. The molecule has 3 N–H and O–H groups in total. The molecule has 0 spiro atoms. The molecule has 1 aromatic carbocycles. The summed E-state index contributed by atoms with van der Waals surface area (Å²) in [6.07, 6.45) is 2.92. The summed E-state index contributed by atoms with van der Waals surface area (Å²) in [5.41, 5.74) is 7.96. The highest BCUT2D eigenvalue weighted by molar-refractivity contribution is 7.15. The molecular formula is C19H21N3O2S. The van der Waals surface area contributed by atoms with Crippen molar-refractivity contribution in [1.82, 2.24) is 10.5 Å². The van der Waals surface area contributed by atoms with E-state index < -0.39 is 0 Å². The lowest BCUT2D eigenvalue weighted by atomic mass is 10.1. The summed E-state index contributed by atoms with van der Waals surface area (Å²) in [5.74, 6) is -0.178. The third-order valence-corrected chi connectivity index (χ3v) is 4.95. The number of nitrogens with zero attached hydrogens (tertiary/aromatic N) is 1. The maximum absolute atomic E-state index is 12.5. The number of unbranched alkanes of at least 4 members (excludes halogenated alkanes) is 1. The smallest absolute Gasteiger partial charge is 0.259 e. The first-order valence-electron chi connectivity index (χ1n) is 8.29. The van der Waals surface area contributed by atoms with Crippen LogP contribution < -0.4 is 11.1 Å². The van der Waals surface area contributed by atoms with E-state index in [0.29, 0.717) is 17.8 Å². The minimum atomic E-state index is -0.237. The first-order valence-corrected chi connectivity index (χ1v) is 9.11. The number of amides is 1. The third-order valence-electron chi connectivity index (χ3n) is 3.94. The largest absolute Gasteiger partial charge is 0.367 e. The van der Waals surface area contributed by atoms with Gasteiger partial charge in [0.2, 0.25) is 5.88 Å². The Morgan fingerprint density at radius 3 is 2.72 bits per heavy atom. The second-order valence-electron chi connectivity index (χ2n) is 5.88. The van der Waals surface area contributed by atoms with Crippen molar-refractivity contribution in [2.75, 3.05) is 12.3 Å². The van der Waals surface area contributed by atoms with Gasteiger partial charge < -0.3 is 15.6 Å². The van der Waals surface area contributed by atoms with Crippen LogP contribution in [0, 0.1) is 6.92 Å². The van der Waals surface area contributed by atoms with Gasteiger partial charge in [-0.2, -0.15) is 0 Å². The third kappa shape index (κ3) is 4.28. The summed E-state index contributed by atoms with van der Waals surface area (Å²) in [6, 6.07) is 14.2. The van der Waals surface area contributed by atoms with Gasteiger partial charge in [-0.1, -0.05) is 35.5 Å². The zero-order chi connectivity index (χ0) is 17.6. The summed E-state index contributed by atoms with van der Waals surface area (Å²) in [6.45, 7) is 2.60. The Bertz CT molecular complexity index is 839. The Kier molecular flexibility index (Phi) is 5.50. The quantitative estimate of drug-likeness (QED) is 0.627. The maximum Gasteiger partial charge on any atom is 0.259 e. The van der Waals surface area contributed by atoms with Crippen LogP contribution >= 0.6 is 11.3 Å². The van der Waals surface area contributed by atoms with Gasteiger partial charge in [0.05, 0.1) is 4.88 Å². The van der Waals surface area contributed by atoms with Crippen molar-refractivity contribution in [2.45, 2.75) is 26.2 Å². The SMILES string of the molecule is Cc1ccc(-c2noc(N)c2C(=O)NCCCCc2ccccc2)s1. The molecule has 0 fully saturated rings. The predicted octanol–water partition coefficient (Wildman–Crippen LogP) is 4.05. The van der Waals surface area contributed by atoms with Crippen molar-refractivity contribution in [3.05, 3.63) is 58.5 Å². The van der Waals surface area contributed by atoms with Gasteiger partial charge in [0.15, 0.2) is 0 Å². The Morgan fingerprint density at radius 2 is 2.00 bits per heavy atom. The molecule has 0 aliphatic rings. The van der Waals surface area contributed by atoms with Crippen LogP contribution in [-0.4, -0.2) is 17.6 Å². The number of aromatic nitrogens is 1. The Labute approximate surface area is 150 Å². The van der Waals surface area contributed by atoms with E-state index in [1.54, 1.807) is 11.3 Å². The minimum absolute atomic E-state index is 0.0582. The molecule has 0 radical (unpaired) electrons. The number of carbonyl (C=O) groups is 1. The van der Waals surface area contributed by atoms with E-state index in [9.17, 15) is 4.79 Å². The maximum atomic E-state index is 12.5. The second-order valence-corrected chi connectivity index (χ2v) is 7.17. The van der Waals surface area contributed by atoms with Crippen LogP contribution in [0.2, 0.25) is 0 Å². The highest BCUT2D eigenvalue weighted by Gasteiger charge is 2.23. The number of hydrogen-bond donors (Lipinski definition) is 2. The topological polar surface area (TPSA) is 81.2 Å². The van der Waals surface area contributed by atoms with Gasteiger partial charge in [-0.05, 0) is 43.9 Å². The van der Waals surface area contributed by atoms with Crippen molar-refractivity contribution >= 4 is 23.1 Å². The van der Waals surface area contributed by atoms with Gasteiger partial charge in [-0.25, -0.2) is 0 Å². The van der Waals surface area contributed by atoms with Crippen LogP contribution in [0.4, 0.5) is 5.88 Å². The number of nitrogen functional groups attached to an aromatic ring is 1. The molecule has 5 nitrogen and oxygen atoms in total. The van der Waals surface area contributed by atoms with E-state index >= 15 is 0 Å². The fourth-order valence-electron chi connectivity index (χ4n) is 2.64. The van der Waals surface area contributed by atoms with Crippen molar-refractivity contribution in [3.8, 4) is 10.6 Å². The van der Waals surface area contributed by atoms with Crippen LogP contribution in [0.15, 0.2) is 47.0 Å². The second kappa shape index (κ2) is 7.98. The number of nitrogens with one attached hydrogen (secondary N) is 1. The van der Waals surface area contributed by atoms with E-state index in [1.807, 2.05) is 37.3 Å².